The van der Waals surface area contributed by atoms with Crippen molar-refractivity contribution in [3.8, 4) is 0 Å². The maximum atomic E-state index is 12.9. The molecule has 2 aromatic rings. The molecule has 1 unspecified atom stereocenters. The van der Waals surface area contributed by atoms with Crippen LogP contribution < -0.4 is 11.5 Å². The number of alkyl halides is 6. The van der Waals surface area contributed by atoms with E-state index in [9.17, 15) is 26.3 Å². The van der Waals surface area contributed by atoms with Crippen molar-refractivity contribution in [2.24, 2.45) is 11.5 Å². The number of ether oxygens (including phenoxy) is 1. The molecule has 0 bridgehead atoms. The second-order valence-electron chi connectivity index (χ2n) is 6.13. The van der Waals surface area contributed by atoms with Gasteiger partial charge in [0.15, 0.2) is 0 Å². The highest BCUT2D eigenvalue weighted by Crippen LogP contribution is 2.36. The van der Waals surface area contributed by atoms with Gasteiger partial charge in [-0.2, -0.15) is 26.3 Å². The van der Waals surface area contributed by atoms with Crippen molar-refractivity contribution >= 4 is 0 Å². The lowest BCUT2D eigenvalue weighted by molar-refractivity contribution is -0.143. The number of hydrogen-bond donors (Lipinski definition) is 2. The number of halogens is 6. The minimum absolute atomic E-state index is 0. The van der Waals surface area contributed by atoms with Gasteiger partial charge in [0.1, 0.15) is 0 Å². The molecule has 0 aliphatic carbocycles. The lowest BCUT2D eigenvalue weighted by Crippen LogP contribution is -2.48. The predicted molar refractivity (Wildman–Crippen MR) is 94.2 cm³/mol. The molecular formula is C19H22F6N2O. The summed E-state index contributed by atoms with van der Waals surface area (Å²) in [7, 11) is 0. The average molecular weight is 408 g/mol. The first kappa shape index (κ1) is 23.9. The smallest absolute Gasteiger partial charge is 0.374 e. The van der Waals surface area contributed by atoms with Crippen molar-refractivity contribution in [2.75, 3.05) is 13.2 Å². The predicted octanol–water partition coefficient (Wildman–Crippen LogP) is 4.69. The van der Waals surface area contributed by atoms with Gasteiger partial charge < -0.3 is 16.2 Å². The molecule has 0 aliphatic heterocycles. The van der Waals surface area contributed by atoms with E-state index in [1.807, 2.05) is 0 Å². The van der Waals surface area contributed by atoms with Crippen LogP contribution in [-0.2, 0) is 29.2 Å². The molecule has 0 saturated heterocycles. The van der Waals surface area contributed by atoms with E-state index >= 15 is 0 Å². The van der Waals surface area contributed by atoms with Crippen LogP contribution in [0.2, 0.25) is 0 Å². The lowest BCUT2D eigenvalue weighted by Gasteiger charge is -2.28. The van der Waals surface area contributed by atoms with Crippen molar-refractivity contribution < 1.29 is 31.1 Å². The Morgan fingerprint density at radius 1 is 0.786 bits per heavy atom. The molecule has 9 heteroatoms. The minimum atomic E-state index is -4.91. The fourth-order valence-electron chi connectivity index (χ4n) is 2.48. The van der Waals surface area contributed by atoms with Crippen LogP contribution in [0.1, 0.15) is 29.7 Å². The van der Waals surface area contributed by atoms with Crippen LogP contribution in [0.5, 0.6) is 0 Å². The molecule has 1 atom stereocenters. The van der Waals surface area contributed by atoms with E-state index in [0.717, 1.165) is 0 Å². The van der Waals surface area contributed by atoms with E-state index in [1.165, 1.54) is 0 Å². The van der Waals surface area contributed by atoms with Gasteiger partial charge in [-0.3, -0.25) is 0 Å². The first-order valence-corrected chi connectivity index (χ1v) is 7.86. The minimum Gasteiger partial charge on any atom is -0.374 e. The maximum Gasteiger partial charge on any atom is 0.416 e. The summed E-state index contributed by atoms with van der Waals surface area (Å²) in [5.74, 6) is 0. The van der Waals surface area contributed by atoms with E-state index in [4.69, 9.17) is 16.2 Å². The Hall–Kier alpha value is -2.10. The third kappa shape index (κ3) is 5.95. The van der Waals surface area contributed by atoms with Crippen LogP contribution in [-0.4, -0.2) is 13.2 Å². The van der Waals surface area contributed by atoms with Gasteiger partial charge in [0, 0.05) is 6.54 Å². The maximum absolute atomic E-state index is 12.9. The Balaban J connectivity index is 0.00000392. The van der Waals surface area contributed by atoms with E-state index in [2.05, 4.69) is 0 Å². The topological polar surface area (TPSA) is 61.3 Å². The van der Waals surface area contributed by atoms with Crippen molar-refractivity contribution in [3.63, 3.8) is 0 Å². The summed E-state index contributed by atoms with van der Waals surface area (Å²) in [6.07, 6.45) is -9.82. The van der Waals surface area contributed by atoms with E-state index in [1.54, 1.807) is 30.3 Å². The van der Waals surface area contributed by atoms with Gasteiger partial charge in [-0.1, -0.05) is 37.8 Å². The van der Waals surface area contributed by atoms with Crippen LogP contribution >= 0.6 is 0 Å². The van der Waals surface area contributed by atoms with Crippen molar-refractivity contribution in [1.82, 2.24) is 0 Å². The van der Waals surface area contributed by atoms with E-state index in [-0.39, 0.29) is 32.2 Å². The Labute approximate surface area is 159 Å². The third-order valence-electron chi connectivity index (χ3n) is 3.99. The van der Waals surface area contributed by atoms with E-state index in [0.29, 0.717) is 17.7 Å². The summed E-state index contributed by atoms with van der Waals surface area (Å²) in [6.45, 7) is -0.669. The zero-order chi connectivity index (χ0) is 20.3. The van der Waals surface area contributed by atoms with Gasteiger partial charge in [-0.05, 0) is 29.3 Å². The summed E-state index contributed by atoms with van der Waals surface area (Å²) < 4.78 is 82.6. The number of benzene rings is 2. The number of rotatable bonds is 6. The monoisotopic (exact) mass is 408 g/mol. The van der Waals surface area contributed by atoms with Gasteiger partial charge in [0.2, 0.25) is 0 Å². The number of nitrogens with two attached hydrogens (primary N) is 2. The molecule has 0 amide bonds. The third-order valence-corrected chi connectivity index (χ3v) is 3.99. The molecule has 28 heavy (non-hydrogen) atoms. The number of hydrogen-bond acceptors (Lipinski definition) is 3. The summed E-state index contributed by atoms with van der Waals surface area (Å²) in [5, 5.41) is 0. The zero-order valence-corrected chi connectivity index (χ0v) is 14.1. The fraction of sp³-hybridized carbons (Fsp3) is 0.368. The molecule has 0 saturated carbocycles. The van der Waals surface area contributed by atoms with Crippen molar-refractivity contribution in [2.45, 2.75) is 31.9 Å². The van der Waals surface area contributed by atoms with Crippen molar-refractivity contribution in [1.29, 1.82) is 0 Å². The van der Waals surface area contributed by atoms with Gasteiger partial charge in [0.05, 0.1) is 29.9 Å². The normalized spacial score (nSPS) is 14.3. The van der Waals surface area contributed by atoms with Crippen LogP contribution in [0, 0.1) is 0 Å². The SMILES string of the molecule is C.NCC(N)(COCc1cc(C(F)(F)F)cc(C(F)(F)F)c1)c1ccccc1. The summed E-state index contributed by atoms with van der Waals surface area (Å²) in [6, 6.07) is 9.97. The second-order valence-corrected chi connectivity index (χ2v) is 6.13. The average Bonchev–Trinajstić information content (AvgIpc) is 2.60. The zero-order valence-electron chi connectivity index (χ0n) is 14.1. The van der Waals surface area contributed by atoms with Crippen LogP contribution in [0.4, 0.5) is 26.3 Å². The largest absolute Gasteiger partial charge is 0.416 e. The molecule has 0 spiro atoms. The molecule has 0 aromatic heterocycles. The first-order valence-electron chi connectivity index (χ1n) is 7.86. The van der Waals surface area contributed by atoms with Gasteiger partial charge in [-0.25, -0.2) is 0 Å². The first-order chi connectivity index (χ1) is 12.5. The van der Waals surface area contributed by atoms with Gasteiger partial charge >= 0.3 is 12.4 Å². The molecule has 2 aromatic carbocycles. The second kappa shape index (κ2) is 8.93. The van der Waals surface area contributed by atoms with Crippen LogP contribution in [0.25, 0.3) is 0 Å². The molecule has 0 fully saturated rings. The molecule has 3 nitrogen and oxygen atoms in total. The van der Waals surface area contributed by atoms with E-state index < -0.39 is 35.6 Å². The lowest BCUT2D eigenvalue weighted by atomic mass is 9.92. The highest BCUT2D eigenvalue weighted by molar-refractivity contribution is 5.33. The summed E-state index contributed by atoms with van der Waals surface area (Å²) >= 11 is 0. The molecule has 4 N–H and O–H groups in total. The summed E-state index contributed by atoms with van der Waals surface area (Å²) in [4.78, 5) is 0. The molecular weight excluding hydrogens is 386 g/mol. The Bertz CT molecular complexity index is 729. The molecule has 0 aliphatic rings. The highest BCUT2D eigenvalue weighted by Gasteiger charge is 2.37. The van der Waals surface area contributed by atoms with Gasteiger partial charge in [-0.15, -0.1) is 0 Å². The molecule has 0 heterocycles. The quantitative estimate of drug-likeness (QED) is 0.682. The Morgan fingerprint density at radius 3 is 1.71 bits per heavy atom. The van der Waals surface area contributed by atoms with Crippen LogP contribution in [0.15, 0.2) is 48.5 Å². The van der Waals surface area contributed by atoms with Crippen LogP contribution in [0.3, 0.4) is 0 Å². The molecule has 156 valence electrons. The van der Waals surface area contributed by atoms with Gasteiger partial charge in [0.25, 0.3) is 0 Å². The fourth-order valence-corrected chi connectivity index (χ4v) is 2.48. The molecule has 2 rings (SSSR count). The van der Waals surface area contributed by atoms with Crippen molar-refractivity contribution in [3.05, 3.63) is 70.8 Å². The standard InChI is InChI=1S/C18H18F6N2O.CH4/c19-17(20,21)14-6-12(7-15(8-14)18(22,23)24)9-27-11-16(26,10-25)13-4-2-1-3-5-13;/h1-8H,9-11,25-26H2;1H4. The summed E-state index contributed by atoms with van der Waals surface area (Å²) in [5.41, 5.74) is 8.34. The Kier molecular flexibility index (Phi) is 7.64. The molecule has 0 radical (unpaired) electrons. The Morgan fingerprint density at radius 2 is 1.29 bits per heavy atom. The highest BCUT2D eigenvalue weighted by atomic mass is 19.4.